The molecule has 3 nitrogen and oxygen atoms in total. The van der Waals surface area contributed by atoms with Gasteiger partial charge in [0.05, 0.1) is 5.02 Å². The van der Waals surface area contributed by atoms with Crippen molar-refractivity contribution < 1.29 is 9.13 Å². The molecule has 24 heavy (non-hydrogen) atoms. The molecule has 0 bridgehead atoms. The Bertz CT molecular complexity index is 872. The predicted molar refractivity (Wildman–Crippen MR) is 94.8 cm³/mol. The molecule has 0 fully saturated rings. The minimum absolute atomic E-state index is 0.0315. The molecule has 0 atom stereocenters. The molecule has 3 rings (SSSR count). The van der Waals surface area contributed by atoms with Crippen LogP contribution in [0.25, 0.3) is 11.1 Å². The molecule has 0 radical (unpaired) electrons. The summed E-state index contributed by atoms with van der Waals surface area (Å²) in [7, 11) is 0. The molecule has 0 amide bonds. The van der Waals surface area contributed by atoms with Crippen molar-refractivity contribution in [1.82, 2.24) is 4.98 Å². The zero-order valence-corrected chi connectivity index (χ0v) is 14.0. The van der Waals surface area contributed by atoms with Gasteiger partial charge in [0.2, 0.25) is 0 Å². The normalized spacial score (nSPS) is 10.6. The number of rotatable bonds is 4. The van der Waals surface area contributed by atoms with Crippen molar-refractivity contribution in [3.05, 3.63) is 76.2 Å². The number of hydrogen-bond donors (Lipinski definition) is 1. The Hall–Kier alpha value is -2.30. The van der Waals surface area contributed by atoms with Gasteiger partial charge in [-0.2, -0.15) is 0 Å². The third-order valence-electron chi connectivity index (χ3n) is 3.46. The van der Waals surface area contributed by atoms with Crippen molar-refractivity contribution in [2.24, 2.45) is 0 Å². The van der Waals surface area contributed by atoms with Gasteiger partial charge in [-0.15, -0.1) is 0 Å². The summed E-state index contributed by atoms with van der Waals surface area (Å²) in [5, 5.41) is 0.295. The molecule has 0 saturated heterocycles. The molecule has 0 aliphatic rings. The number of nitrogens with two attached hydrogens (primary N) is 1. The quantitative estimate of drug-likeness (QED) is 0.635. The zero-order chi connectivity index (χ0) is 17.1. The molecule has 2 aromatic carbocycles. The van der Waals surface area contributed by atoms with E-state index in [1.807, 2.05) is 30.3 Å². The Kier molecular flexibility index (Phi) is 4.88. The van der Waals surface area contributed by atoms with Crippen LogP contribution in [0.15, 0.2) is 54.7 Å². The average molecular weight is 363 g/mol. The molecular formula is C18H13Cl2FN2O. The summed E-state index contributed by atoms with van der Waals surface area (Å²) in [5.74, 6) is 0.104. The van der Waals surface area contributed by atoms with Gasteiger partial charge >= 0.3 is 0 Å². The highest BCUT2D eigenvalue weighted by molar-refractivity contribution is 6.35. The number of ether oxygens (including phenoxy) is 1. The Morgan fingerprint density at radius 3 is 2.50 bits per heavy atom. The lowest BCUT2D eigenvalue weighted by Gasteiger charge is -2.11. The van der Waals surface area contributed by atoms with E-state index in [9.17, 15) is 4.39 Å². The number of halogens is 3. The molecule has 1 aromatic heterocycles. The molecule has 0 spiro atoms. The van der Waals surface area contributed by atoms with E-state index in [2.05, 4.69) is 4.98 Å². The molecule has 0 aliphatic carbocycles. The van der Waals surface area contributed by atoms with Crippen LogP contribution < -0.4 is 10.5 Å². The van der Waals surface area contributed by atoms with E-state index < -0.39 is 5.82 Å². The Morgan fingerprint density at radius 2 is 1.75 bits per heavy atom. The maximum Gasteiger partial charge on any atom is 0.166 e. The van der Waals surface area contributed by atoms with Crippen molar-refractivity contribution in [2.75, 3.05) is 5.73 Å². The number of nitrogen functional groups attached to an aromatic ring is 1. The highest BCUT2D eigenvalue weighted by atomic mass is 35.5. The van der Waals surface area contributed by atoms with E-state index in [-0.39, 0.29) is 17.4 Å². The van der Waals surface area contributed by atoms with Crippen LogP contribution in [0.3, 0.4) is 0 Å². The Morgan fingerprint density at radius 1 is 1.00 bits per heavy atom. The van der Waals surface area contributed by atoms with Gasteiger partial charge in [0.25, 0.3) is 0 Å². The number of benzene rings is 2. The number of aromatic nitrogens is 1. The largest absolute Gasteiger partial charge is 0.485 e. The maximum atomic E-state index is 13.6. The predicted octanol–water partition coefficient (Wildman–Crippen LogP) is 5.36. The number of anilines is 1. The van der Waals surface area contributed by atoms with Crippen LogP contribution >= 0.6 is 23.2 Å². The van der Waals surface area contributed by atoms with Crippen molar-refractivity contribution in [1.29, 1.82) is 0 Å². The van der Waals surface area contributed by atoms with Crippen LogP contribution in [0.4, 0.5) is 10.2 Å². The molecule has 3 aromatic rings. The van der Waals surface area contributed by atoms with Crippen LogP contribution in [0.5, 0.6) is 5.75 Å². The second kappa shape index (κ2) is 7.07. The van der Waals surface area contributed by atoms with Gasteiger partial charge in [0.1, 0.15) is 12.4 Å². The first kappa shape index (κ1) is 16.6. The third-order valence-corrected chi connectivity index (χ3v) is 4.10. The zero-order valence-electron chi connectivity index (χ0n) is 12.5. The van der Waals surface area contributed by atoms with Gasteiger partial charge in [0, 0.05) is 22.3 Å². The van der Waals surface area contributed by atoms with Crippen LogP contribution in [0.2, 0.25) is 10.0 Å². The SMILES string of the molecule is Nc1ncc(-c2ccccc2)cc1OCc1cc(F)c(Cl)cc1Cl. The van der Waals surface area contributed by atoms with Gasteiger partial charge < -0.3 is 10.5 Å². The minimum Gasteiger partial charge on any atom is -0.485 e. The van der Waals surface area contributed by atoms with Gasteiger partial charge in [-0.05, 0) is 23.8 Å². The lowest BCUT2D eigenvalue weighted by molar-refractivity contribution is 0.306. The summed E-state index contributed by atoms with van der Waals surface area (Å²) < 4.78 is 19.2. The standard InChI is InChI=1S/C18H13Cl2FN2O/c19-14-8-15(20)16(21)6-13(14)10-24-17-7-12(9-23-18(17)22)11-4-2-1-3-5-11/h1-9H,10H2,(H2,22,23). The topological polar surface area (TPSA) is 48.1 Å². The van der Waals surface area contributed by atoms with Gasteiger partial charge in [0.15, 0.2) is 11.6 Å². The molecular weight excluding hydrogens is 350 g/mol. The molecule has 1 heterocycles. The lowest BCUT2D eigenvalue weighted by Crippen LogP contribution is -2.02. The molecule has 122 valence electrons. The van der Waals surface area contributed by atoms with Crippen LogP contribution in [-0.4, -0.2) is 4.98 Å². The number of hydrogen-bond acceptors (Lipinski definition) is 3. The fourth-order valence-corrected chi connectivity index (χ4v) is 2.63. The maximum absolute atomic E-state index is 13.6. The first-order valence-corrected chi connectivity index (χ1v) is 7.87. The first-order chi connectivity index (χ1) is 11.5. The second-order valence-electron chi connectivity index (χ2n) is 5.12. The summed E-state index contributed by atoms with van der Waals surface area (Å²) in [6, 6.07) is 14.1. The minimum atomic E-state index is -0.552. The van der Waals surface area contributed by atoms with E-state index in [0.29, 0.717) is 16.3 Å². The lowest BCUT2D eigenvalue weighted by atomic mass is 10.1. The van der Waals surface area contributed by atoms with E-state index in [4.69, 9.17) is 33.7 Å². The molecule has 0 unspecified atom stereocenters. The fourth-order valence-electron chi connectivity index (χ4n) is 2.19. The van der Waals surface area contributed by atoms with E-state index in [1.165, 1.54) is 12.1 Å². The summed E-state index contributed by atoms with van der Waals surface area (Å²) >= 11 is 11.7. The Labute approximate surface area is 148 Å². The molecule has 0 aliphatic heterocycles. The van der Waals surface area contributed by atoms with Crippen LogP contribution in [0, 0.1) is 5.82 Å². The molecule has 0 saturated carbocycles. The van der Waals surface area contributed by atoms with Crippen molar-refractivity contribution in [3.8, 4) is 16.9 Å². The highest BCUT2D eigenvalue weighted by Crippen LogP contribution is 2.29. The van der Waals surface area contributed by atoms with Crippen molar-refractivity contribution in [3.63, 3.8) is 0 Å². The van der Waals surface area contributed by atoms with Crippen molar-refractivity contribution in [2.45, 2.75) is 6.61 Å². The third kappa shape index (κ3) is 3.61. The summed E-state index contributed by atoms with van der Waals surface area (Å²) in [6.45, 7) is 0.0526. The van der Waals surface area contributed by atoms with Gasteiger partial charge in [-0.3, -0.25) is 0 Å². The molecule has 2 N–H and O–H groups in total. The second-order valence-corrected chi connectivity index (χ2v) is 5.93. The summed E-state index contributed by atoms with van der Waals surface area (Å²) in [6.07, 6.45) is 1.67. The van der Waals surface area contributed by atoms with E-state index in [0.717, 1.165) is 11.1 Å². The number of pyridine rings is 1. The summed E-state index contributed by atoms with van der Waals surface area (Å²) in [5.41, 5.74) is 8.19. The fraction of sp³-hybridized carbons (Fsp3) is 0.0556. The van der Waals surface area contributed by atoms with Crippen LogP contribution in [0.1, 0.15) is 5.56 Å². The van der Waals surface area contributed by atoms with Gasteiger partial charge in [-0.25, -0.2) is 9.37 Å². The number of nitrogens with zero attached hydrogens (tertiary/aromatic N) is 1. The average Bonchev–Trinajstić information content (AvgIpc) is 2.59. The highest BCUT2D eigenvalue weighted by Gasteiger charge is 2.10. The van der Waals surface area contributed by atoms with Gasteiger partial charge in [-0.1, -0.05) is 53.5 Å². The van der Waals surface area contributed by atoms with E-state index >= 15 is 0 Å². The van der Waals surface area contributed by atoms with Crippen LogP contribution in [-0.2, 0) is 6.61 Å². The molecule has 6 heteroatoms. The monoisotopic (exact) mass is 362 g/mol. The summed E-state index contributed by atoms with van der Waals surface area (Å²) in [4.78, 5) is 4.15. The van der Waals surface area contributed by atoms with E-state index in [1.54, 1.807) is 12.3 Å². The smallest absolute Gasteiger partial charge is 0.166 e. The first-order valence-electron chi connectivity index (χ1n) is 7.12. The Balaban J connectivity index is 1.84. The van der Waals surface area contributed by atoms with Crippen molar-refractivity contribution >= 4 is 29.0 Å².